The van der Waals surface area contributed by atoms with Gasteiger partial charge in [0.05, 0.1) is 15.9 Å². The molecule has 33 heavy (non-hydrogen) atoms. The standard InChI is InChI=1S/C24H31ClN4O4/c1-15(2)21(30)27-10-12-28(13-11-27)22(31)17-8-6-16(7-9-17)14-29-23(32)20-18(25)4-3-5-19(20)26-24(29)33/h3-5,15-17H,6-14H2,1-2H3,(H,26,33)/t16-,17-. The first kappa shape index (κ1) is 23.5. The number of halogens is 1. The van der Waals surface area contributed by atoms with Crippen molar-refractivity contribution < 1.29 is 9.59 Å². The number of piperazine rings is 1. The van der Waals surface area contributed by atoms with E-state index in [0.717, 1.165) is 25.7 Å². The quantitative estimate of drug-likeness (QED) is 0.736. The summed E-state index contributed by atoms with van der Waals surface area (Å²) in [7, 11) is 0. The average molecular weight is 475 g/mol. The molecular weight excluding hydrogens is 444 g/mol. The van der Waals surface area contributed by atoms with E-state index in [9.17, 15) is 19.2 Å². The zero-order chi connectivity index (χ0) is 23.7. The Labute approximate surface area is 197 Å². The van der Waals surface area contributed by atoms with Crippen LogP contribution in [-0.2, 0) is 16.1 Å². The van der Waals surface area contributed by atoms with Crippen molar-refractivity contribution in [2.45, 2.75) is 46.1 Å². The van der Waals surface area contributed by atoms with Crippen LogP contribution in [0.25, 0.3) is 10.9 Å². The Morgan fingerprint density at radius 2 is 1.67 bits per heavy atom. The number of nitrogens with zero attached hydrogens (tertiary/aromatic N) is 3. The van der Waals surface area contributed by atoms with Gasteiger partial charge >= 0.3 is 5.69 Å². The maximum atomic E-state index is 13.0. The lowest BCUT2D eigenvalue weighted by Crippen LogP contribution is -2.53. The van der Waals surface area contributed by atoms with Crippen LogP contribution in [0.2, 0.25) is 5.02 Å². The minimum atomic E-state index is -0.429. The number of amides is 2. The predicted molar refractivity (Wildman–Crippen MR) is 127 cm³/mol. The highest BCUT2D eigenvalue weighted by atomic mass is 35.5. The van der Waals surface area contributed by atoms with Gasteiger partial charge in [-0.3, -0.25) is 19.0 Å². The number of aromatic amines is 1. The predicted octanol–water partition coefficient (Wildman–Crippen LogP) is 2.48. The van der Waals surface area contributed by atoms with Crippen LogP contribution in [-0.4, -0.2) is 57.3 Å². The molecule has 178 valence electrons. The van der Waals surface area contributed by atoms with Crippen molar-refractivity contribution in [3.63, 3.8) is 0 Å². The van der Waals surface area contributed by atoms with E-state index in [0.29, 0.717) is 48.6 Å². The third kappa shape index (κ3) is 4.86. The summed E-state index contributed by atoms with van der Waals surface area (Å²) in [6.45, 7) is 6.47. The molecule has 1 aliphatic heterocycles. The van der Waals surface area contributed by atoms with Gasteiger partial charge in [-0.15, -0.1) is 0 Å². The molecule has 0 radical (unpaired) electrons. The van der Waals surface area contributed by atoms with Crippen LogP contribution in [0.4, 0.5) is 0 Å². The van der Waals surface area contributed by atoms with Crippen LogP contribution < -0.4 is 11.2 Å². The van der Waals surface area contributed by atoms with Gasteiger partial charge in [0.15, 0.2) is 0 Å². The van der Waals surface area contributed by atoms with Crippen molar-refractivity contribution in [1.29, 1.82) is 0 Å². The first-order valence-corrected chi connectivity index (χ1v) is 12.1. The van der Waals surface area contributed by atoms with Gasteiger partial charge in [0.2, 0.25) is 11.8 Å². The fraction of sp³-hybridized carbons (Fsp3) is 0.583. The Bertz CT molecular complexity index is 1160. The van der Waals surface area contributed by atoms with Crippen molar-refractivity contribution in [1.82, 2.24) is 19.4 Å². The Kier molecular flexibility index (Phi) is 6.93. The van der Waals surface area contributed by atoms with E-state index < -0.39 is 5.69 Å². The van der Waals surface area contributed by atoms with Gasteiger partial charge in [0.25, 0.3) is 5.56 Å². The zero-order valence-corrected chi connectivity index (χ0v) is 19.9. The molecule has 0 spiro atoms. The molecule has 4 rings (SSSR count). The van der Waals surface area contributed by atoms with E-state index in [1.165, 1.54) is 4.57 Å². The summed E-state index contributed by atoms with van der Waals surface area (Å²) in [5.74, 6) is 0.407. The topological polar surface area (TPSA) is 95.5 Å². The molecule has 2 aliphatic rings. The average Bonchev–Trinajstić information content (AvgIpc) is 2.81. The van der Waals surface area contributed by atoms with Crippen molar-refractivity contribution in [3.8, 4) is 0 Å². The Morgan fingerprint density at radius 3 is 2.30 bits per heavy atom. The molecule has 1 aromatic heterocycles. The van der Waals surface area contributed by atoms with Crippen molar-refractivity contribution >= 4 is 34.3 Å². The van der Waals surface area contributed by atoms with Crippen LogP contribution in [0, 0.1) is 17.8 Å². The lowest BCUT2D eigenvalue weighted by atomic mass is 9.81. The number of benzene rings is 1. The van der Waals surface area contributed by atoms with Crippen LogP contribution in [0.3, 0.4) is 0 Å². The zero-order valence-electron chi connectivity index (χ0n) is 19.2. The number of carbonyl (C=O) groups excluding carboxylic acids is 2. The number of aromatic nitrogens is 2. The normalized spacial score (nSPS) is 21.6. The summed E-state index contributed by atoms with van der Waals surface area (Å²) in [5.41, 5.74) is -0.355. The Hall–Kier alpha value is -2.61. The van der Waals surface area contributed by atoms with E-state index in [2.05, 4.69) is 4.98 Å². The summed E-state index contributed by atoms with van der Waals surface area (Å²) in [5, 5.41) is 0.657. The summed E-state index contributed by atoms with van der Waals surface area (Å²) < 4.78 is 1.24. The molecule has 1 N–H and O–H groups in total. The molecule has 8 nitrogen and oxygen atoms in total. The minimum Gasteiger partial charge on any atom is -0.339 e. The number of hydrogen-bond acceptors (Lipinski definition) is 4. The SMILES string of the molecule is CC(C)C(=O)N1CCN(C(=O)[C@H]2CC[C@H](Cn3c(=O)[nH]c4cccc(Cl)c4c3=O)CC2)CC1. The lowest BCUT2D eigenvalue weighted by Gasteiger charge is -2.38. The molecule has 0 bridgehead atoms. The highest BCUT2D eigenvalue weighted by Crippen LogP contribution is 2.31. The maximum Gasteiger partial charge on any atom is 0.328 e. The molecular formula is C24H31ClN4O4. The van der Waals surface area contributed by atoms with Gasteiger partial charge in [-0.2, -0.15) is 0 Å². The number of fused-ring (bicyclic) bond motifs is 1. The Balaban J connectivity index is 1.35. The van der Waals surface area contributed by atoms with Gasteiger partial charge in [-0.1, -0.05) is 31.5 Å². The van der Waals surface area contributed by atoms with Gasteiger partial charge in [0, 0.05) is 44.6 Å². The van der Waals surface area contributed by atoms with E-state index in [-0.39, 0.29) is 35.1 Å². The molecule has 1 saturated heterocycles. The fourth-order valence-corrected chi connectivity index (χ4v) is 5.30. The van der Waals surface area contributed by atoms with Gasteiger partial charge < -0.3 is 14.8 Å². The Morgan fingerprint density at radius 1 is 1.03 bits per heavy atom. The summed E-state index contributed by atoms with van der Waals surface area (Å²) >= 11 is 6.20. The second-order valence-electron chi connectivity index (χ2n) is 9.53. The second kappa shape index (κ2) is 9.71. The number of hydrogen-bond donors (Lipinski definition) is 1. The first-order chi connectivity index (χ1) is 15.8. The monoisotopic (exact) mass is 474 g/mol. The number of nitrogens with one attached hydrogen (secondary N) is 1. The molecule has 0 unspecified atom stereocenters. The van der Waals surface area contributed by atoms with Crippen molar-refractivity contribution in [2.24, 2.45) is 17.8 Å². The number of rotatable bonds is 4. The molecule has 0 atom stereocenters. The first-order valence-electron chi connectivity index (χ1n) is 11.7. The molecule has 1 aromatic carbocycles. The smallest absolute Gasteiger partial charge is 0.328 e. The molecule has 2 heterocycles. The van der Waals surface area contributed by atoms with E-state index >= 15 is 0 Å². The summed E-state index contributed by atoms with van der Waals surface area (Å²) in [6.07, 6.45) is 3.06. The minimum absolute atomic E-state index is 0.0269. The largest absolute Gasteiger partial charge is 0.339 e. The van der Waals surface area contributed by atoms with Crippen molar-refractivity contribution in [2.75, 3.05) is 26.2 Å². The summed E-state index contributed by atoms with van der Waals surface area (Å²) in [6, 6.07) is 5.01. The maximum absolute atomic E-state index is 13.0. The highest BCUT2D eigenvalue weighted by Gasteiger charge is 2.32. The lowest BCUT2D eigenvalue weighted by molar-refractivity contribution is -0.144. The molecule has 2 amide bonds. The molecule has 2 aromatic rings. The van der Waals surface area contributed by atoms with Crippen LogP contribution in [0.5, 0.6) is 0 Å². The third-order valence-corrected chi connectivity index (χ3v) is 7.31. The van der Waals surface area contributed by atoms with E-state index in [1.54, 1.807) is 18.2 Å². The van der Waals surface area contributed by atoms with Gasteiger partial charge in [-0.05, 0) is 43.7 Å². The van der Waals surface area contributed by atoms with Gasteiger partial charge in [0.1, 0.15) is 0 Å². The third-order valence-electron chi connectivity index (χ3n) is 6.99. The molecule has 2 fully saturated rings. The fourth-order valence-electron chi connectivity index (χ4n) is 5.04. The van der Waals surface area contributed by atoms with Gasteiger partial charge in [-0.25, -0.2) is 4.79 Å². The molecule has 1 aliphatic carbocycles. The molecule has 9 heteroatoms. The van der Waals surface area contributed by atoms with Crippen LogP contribution in [0.1, 0.15) is 39.5 Å². The van der Waals surface area contributed by atoms with E-state index in [1.807, 2.05) is 23.6 Å². The second-order valence-corrected chi connectivity index (χ2v) is 9.94. The highest BCUT2D eigenvalue weighted by molar-refractivity contribution is 6.35. The number of H-pyrrole nitrogens is 1. The van der Waals surface area contributed by atoms with Crippen molar-refractivity contribution in [3.05, 3.63) is 44.1 Å². The number of carbonyl (C=O) groups is 2. The van der Waals surface area contributed by atoms with E-state index in [4.69, 9.17) is 11.6 Å². The molecule has 1 saturated carbocycles. The van der Waals surface area contributed by atoms with Crippen LogP contribution in [0.15, 0.2) is 27.8 Å². The van der Waals surface area contributed by atoms with Crippen LogP contribution >= 0.6 is 11.6 Å². The summed E-state index contributed by atoms with van der Waals surface area (Å²) in [4.78, 5) is 57.1.